The Balaban J connectivity index is 1.81. The molecule has 24 heavy (non-hydrogen) atoms. The van der Waals surface area contributed by atoms with Gasteiger partial charge < -0.3 is 10.0 Å². The molecule has 2 fully saturated rings. The predicted octanol–water partition coefficient (Wildman–Crippen LogP) is 2.25. The summed E-state index contributed by atoms with van der Waals surface area (Å²) in [5.74, 6) is -2.14. The van der Waals surface area contributed by atoms with Crippen LogP contribution < -0.4 is 4.90 Å². The molecule has 0 saturated carbocycles. The van der Waals surface area contributed by atoms with Crippen molar-refractivity contribution in [1.29, 1.82) is 0 Å². The average Bonchev–Trinajstić information content (AvgIpc) is 2.82. The van der Waals surface area contributed by atoms with Gasteiger partial charge in [0, 0.05) is 37.4 Å². The summed E-state index contributed by atoms with van der Waals surface area (Å²) >= 11 is 0. The van der Waals surface area contributed by atoms with Crippen LogP contribution >= 0.6 is 0 Å². The number of halogens is 1. The van der Waals surface area contributed by atoms with Crippen molar-refractivity contribution >= 4 is 17.7 Å². The topological polar surface area (TPSA) is 64.1 Å². The van der Waals surface area contributed by atoms with E-state index in [0.29, 0.717) is 18.8 Å². The van der Waals surface area contributed by atoms with Crippen LogP contribution in [-0.4, -0.2) is 64.7 Å². The minimum absolute atomic E-state index is 0.0395. The first kappa shape index (κ1) is 16.7. The Labute approximate surface area is 140 Å². The molecule has 2 amide bonds. The number of nitrogens with zero attached hydrogens (tertiary/aromatic N) is 3. The lowest BCUT2D eigenvalue weighted by molar-refractivity contribution is 0.0558. The summed E-state index contributed by atoms with van der Waals surface area (Å²) in [6, 6.07) is 3.74. The Bertz CT molecular complexity index is 686. The van der Waals surface area contributed by atoms with Crippen molar-refractivity contribution in [1.82, 2.24) is 9.80 Å². The van der Waals surface area contributed by atoms with E-state index < -0.39 is 11.8 Å². The van der Waals surface area contributed by atoms with Crippen molar-refractivity contribution in [2.75, 3.05) is 31.1 Å². The number of anilines is 1. The number of carbonyl (C=O) groups is 2. The molecule has 2 heterocycles. The molecule has 0 bridgehead atoms. The Morgan fingerprint density at radius 3 is 2.54 bits per heavy atom. The smallest absolute Gasteiger partial charge is 0.338 e. The first-order chi connectivity index (χ1) is 11.2. The summed E-state index contributed by atoms with van der Waals surface area (Å²) in [7, 11) is 0. The van der Waals surface area contributed by atoms with Crippen LogP contribution in [0.15, 0.2) is 18.2 Å². The molecule has 3 rings (SSSR count). The lowest BCUT2D eigenvalue weighted by Crippen LogP contribution is -2.57. The fourth-order valence-corrected chi connectivity index (χ4v) is 3.38. The predicted molar refractivity (Wildman–Crippen MR) is 87.9 cm³/mol. The molecule has 2 aliphatic heterocycles. The maximum Gasteiger partial charge on any atom is 0.338 e. The molecule has 1 aromatic rings. The standard InChI is InChI=1S/C17H22FN3O3/c1-17(2,3)19-6-7-20-12(9-19)10-21(16(20)24)11-4-5-13(15(22)23)14(18)8-11/h4-5,8,12H,6-7,9-10H2,1-3H3,(H,22,23)/t12-/m0/s1. The van der Waals surface area contributed by atoms with E-state index in [0.717, 1.165) is 19.2 Å². The normalized spacial score (nSPS) is 22.0. The first-order valence-electron chi connectivity index (χ1n) is 8.04. The Morgan fingerprint density at radius 2 is 1.96 bits per heavy atom. The van der Waals surface area contributed by atoms with Gasteiger partial charge in [-0.3, -0.25) is 9.80 Å². The number of carbonyl (C=O) groups excluding carboxylic acids is 1. The molecule has 6 nitrogen and oxygen atoms in total. The highest BCUT2D eigenvalue weighted by molar-refractivity contribution is 5.95. The van der Waals surface area contributed by atoms with Crippen molar-refractivity contribution in [3.63, 3.8) is 0 Å². The first-order valence-corrected chi connectivity index (χ1v) is 8.04. The summed E-state index contributed by atoms with van der Waals surface area (Å²) in [5.41, 5.74) is 0.0545. The van der Waals surface area contributed by atoms with Gasteiger partial charge in [0.2, 0.25) is 0 Å². The molecular weight excluding hydrogens is 313 g/mol. The number of aromatic carboxylic acids is 1. The van der Waals surface area contributed by atoms with Gasteiger partial charge in [-0.15, -0.1) is 0 Å². The zero-order valence-corrected chi connectivity index (χ0v) is 14.1. The maximum atomic E-state index is 13.9. The average molecular weight is 335 g/mol. The summed E-state index contributed by atoms with van der Waals surface area (Å²) in [6.07, 6.45) is 0. The number of hydrogen-bond acceptors (Lipinski definition) is 3. The van der Waals surface area contributed by atoms with Crippen molar-refractivity contribution in [2.45, 2.75) is 32.4 Å². The van der Waals surface area contributed by atoms with Crippen molar-refractivity contribution < 1.29 is 19.1 Å². The van der Waals surface area contributed by atoms with Crippen LogP contribution in [0.5, 0.6) is 0 Å². The number of piperazine rings is 1. The number of hydrogen-bond donors (Lipinski definition) is 1. The molecule has 0 aliphatic carbocycles. The zero-order valence-electron chi connectivity index (χ0n) is 14.1. The Hall–Kier alpha value is -2.15. The lowest BCUT2D eigenvalue weighted by atomic mass is 10.0. The molecule has 0 unspecified atom stereocenters. The second kappa shape index (κ2) is 5.73. The van der Waals surface area contributed by atoms with E-state index in [1.807, 2.05) is 4.90 Å². The monoisotopic (exact) mass is 335 g/mol. The molecule has 7 heteroatoms. The van der Waals surface area contributed by atoms with Gasteiger partial charge in [0.1, 0.15) is 5.82 Å². The summed E-state index contributed by atoms with van der Waals surface area (Å²) in [4.78, 5) is 29.2. The third-order valence-corrected chi connectivity index (χ3v) is 4.80. The summed E-state index contributed by atoms with van der Waals surface area (Å²) in [5, 5.41) is 8.91. The van der Waals surface area contributed by atoms with Crippen molar-refractivity contribution in [2.24, 2.45) is 0 Å². The molecular formula is C17H22FN3O3. The fourth-order valence-electron chi connectivity index (χ4n) is 3.38. The van der Waals surface area contributed by atoms with Crippen molar-refractivity contribution in [3.05, 3.63) is 29.6 Å². The Kier molecular flexibility index (Phi) is 3.99. The highest BCUT2D eigenvalue weighted by atomic mass is 19.1. The van der Waals surface area contributed by atoms with Crippen LogP contribution in [0, 0.1) is 5.82 Å². The van der Waals surface area contributed by atoms with E-state index >= 15 is 0 Å². The van der Waals surface area contributed by atoms with Gasteiger partial charge >= 0.3 is 12.0 Å². The number of benzene rings is 1. The fraction of sp³-hybridized carbons (Fsp3) is 0.529. The van der Waals surface area contributed by atoms with Gasteiger partial charge in [-0.05, 0) is 39.0 Å². The number of rotatable bonds is 2. The Morgan fingerprint density at radius 1 is 1.25 bits per heavy atom. The van der Waals surface area contributed by atoms with E-state index in [-0.39, 0.29) is 23.2 Å². The molecule has 1 atom stereocenters. The summed E-state index contributed by atoms with van der Waals surface area (Å²) in [6.45, 7) is 9.17. The van der Waals surface area contributed by atoms with E-state index in [1.54, 1.807) is 0 Å². The van der Waals surface area contributed by atoms with Crippen LogP contribution in [0.1, 0.15) is 31.1 Å². The van der Waals surface area contributed by atoms with Crippen molar-refractivity contribution in [3.8, 4) is 0 Å². The lowest BCUT2D eigenvalue weighted by Gasteiger charge is -2.43. The van der Waals surface area contributed by atoms with E-state index in [9.17, 15) is 14.0 Å². The minimum atomic E-state index is -1.31. The van der Waals surface area contributed by atoms with E-state index in [1.165, 1.54) is 17.0 Å². The third kappa shape index (κ3) is 2.84. The molecule has 0 radical (unpaired) electrons. The number of urea groups is 1. The van der Waals surface area contributed by atoms with Gasteiger partial charge in [-0.25, -0.2) is 14.0 Å². The molecule has 2 saturated heterocycles. The summed E-state index contributed by atoms with van der Waals surface area (Å²) < 4.78 is 13.9. The molecule has 0 spiro atoms. The highest BCUT2D eigenvalue weighted by Gasteiger charge is 2.43. The number of amides is 2. The maximum absolute atomic E-state index is 13.9. The second-order valence-electron chi connectivity index (χ2n) is 7.33. The van der Waals surface area contributed by atoms with E-state index in [4.69, 9.17) is 5.11 Å². The van der Waals surface area contributed by atoms with Gasteiger partial charge in [0.25, 0.3) is 0 Å². The quantitative estimate of drug-likeness (QED) is 0.900. The molecule has 2 aliphatic rings. The van der Waals surface area contributed by atoms with Gasteiger partial charge in [0.15, 0.2) is 0 Å². The van der Waals surface area contributed by atoms with Gasteiger partial charge in [-0.2, -0.15) is 0 Å². The second-order valence-corrected chi connectivity index (χ2v) is 7.33. The molecule has 0 aromatic heterocycles. The minimum Gasteiger partial charge on any atom is -0.478 e. The molecule has 1 aromatic carbocycles. The van der Waals surface area contributed by atoms with Crippen LogP contribution in [-0.2, 0) is 0 Å². The SMILES string of the molecule is CC(C)(C)N1CCN2C(=O)N(c3ccc(C(=O)O)c(F)c3)C[C@@H]2C1. The number of carboxylic acid groups (broad SMARTS) is 1. The van der Waals surface area contributed by atoms with E-state index in [2.05, 4.69) is 25.7 Å². The zero-order chi connectivity index (χ0) is 17.6. The largest absolute Gasteiger partial charge is 0.478 e. The molecule has 130 valence electrons. The van der Waals surface area contributed by atoms with Crippen LogP contribution in [0.4, 0.5) is 14.9 Å². The van der Waals surface area contributed by atoms with Gasteiger partial charge in [0.05, 0.1) is 11.6 Å². The van der Waals surface area contributed by atoms with Crippen LogP contribution in [0.2, 0.25) is 0 Å². The highest BCUT2D eigenvalue weighted by Crippen LogP contribution is 2.29. The molecule has 1 N–H and O–H groups in total. The number of fused-ring (bicyclic) bond motifs is 1. The van der Waals surface area contributed by atoms with Gasteiger partial charge in [-0.1, -0.05) is 0 Å². The van der Waals surface area contributed by atoms with Crippen LogP contribution in [0.3, 0.4) is 0 Å². The van der Waals surface area contributed by atoms with Crippen LogP contribution in [0.25, 0.3) is 0 Å². The number of carboxylic acids is 1. The third-order valence-electron chi connectivity index (χ3n) is 4.80.